The van der Waals surface area contributed by atoms with Gasteiger partial charge in [0.1, 0.15) is 0 Å². The maximum atomic E-state index is 12.1. The van der Waals surface area contributed by atoms with E-state index in [0.717, 1.165) is 25.9 Å². The van der Waals surface area contributed by atoms with Gasteiger partial charge in [-0.3, -0.25) is 9.69 Å². The summed E-state index contributed by atoms with van der Waals surface area (Å²) in [7, 11) is 0. The minimum absolute atomic E-state index is 0.133. The molecule has 2 N–H and O–H groups in total. The fourth-order valence-electron chi connectivity index (χ4n) is 2.94. The minimum Gasteiger partial charge on any atom is -0.341 e. The highest BCUT2D eigenvalue weighted by Gasteiger charge is 2.30. The first-order valence-corrected chi connectivity index (χ1v) is 6.94. The van der Waals surface area contributed by atoms with E-state index in [4.69, 9.17) is 5.73 Å². The number of hydrogen-bond donors (Lipinski definition) is 1. The Morgan fingerprint density at radius 3 is 2.88 bits per heavy atom. The van der Waals surface area contributed by atoms with Crippen molar-refractivity contribution in [3.63, 3.8) is 0 Å². The summed E-state index contributed by atoms with van der Waals surface area (Å²) >= 11 is 0. The van der Waals surface area contributed by atoms with Gasteiger partial charge in [-0.05, 0) is 39.2 Å². The first-order chi connectivity index (χ1) is 8.16. The lowest BCUT2D eigenvalue weighted by Gasteiger charge is -2.26. The predicted molar refractivity (Wildman–Crippen MR) is 68.7 cm³/mol. The highest BCUT2D eigenvalue weighted by molar-refractivity contribution is 5.76. The highest BCUT2D eigenvalue weighted by atomic mass is 16.2. The zero-order valence-corrected chi connectivity index (χ0v) is 10.9. The van der Waals surface area contributed by atoms with Crippen LogP contribution >= 0.6 is 0 Å². The SMILES string of the molecule is CC(N)CCC(=O)N1CCCN2CCCC2C1. The van der Waals surface area contributed by atoms with Crippen LogP contribution in [-0.4, -0.2) is 54.0 Å². The van der Waals surface area contributed by atoms with Gasteiger partial charge in [0.25, 0.3) is 0 Å². The van der Waals surface area contributed by atoms with Crippen molar-refractivity contribution in [2.24, 2.45) is 5.73 Å². The molecule has 1 amide bonds. The molecular formula is C13H25N3O. The zero-order chi connectivity index (χ0) is 12.3. The Morgan fingerprint density at radius 1 is 1.35 bits per heavy atom. The molecule has 2 fully saturated rings. The van der Waals surface area contributed by atoms with E-state index in [1.165, 1.54) is 25.9 Å². The average Bonchev–Trinajstić information content (AvgIpc) is 2.63. The first kappa shape index (κ1) is 12.8. The molecule has 0 bridgehead atoms. The Kier molecular flexibility index (Phi) is 4.40. The van der Waals surface area contributed by atoms with E-state index in [0.29, 0.717) is 18.4 Å². The number of carbonyl (C=O) groups excluding carboxylic acids is 1. The zero-order valence-electron chi connectivity index (χ0n) is 10.9. The Labute approximate surface area is 104 Å². The van der Waals surface area contributed by atoms with Crippen LogP contribution in [0.2, 0.25) is 0 Å². The Morgan fingerprint density at radius 2 is 2.12 bits per heavy atom. The monoisotopic (exact) mass is 239 g/mol. The summed E-state index contributed by atoms with van der Waals surface area (Å²) in [5.41, 5.74) is 5.71. The number of rotatable bonds is 3. The summed E-state index contributed by atoms with van der Waals surface area (Å²) in [6.07, 6.45) is 5.11. The molecule has 2 aliphatic heterocycles. The number of nitrogens with zero attached hydrogens (tertiary/aromatic N) is 2. The van der Waals surface area contributed by atoms with Gasteiger partial charge in [0.15, 0.2) is 0 Å². The molecular weight excluding hydrogens is 214 g/mol. The number of carbonyl (C=O) groups is 1. The molecule has 2 heterocycles. The molecule has 0 aromatic carbocycles. The topological polar surface area (TPSA) is 49.6 Å². The molecule has 0 aromatic heterocycles. The fraction of sp³-hybridized carbons (Fsp3) is 0.923. The van der Waals surface area contributed by atoms with Gasteiger partial charge in [-0.1, -0.05) is 0 Å². The van der Waals surface area contributed by atoms with Crippen molar-refractivity contribution in [3.05, 3.63) is 0 Å². The molecule has 0 spiro atoms. The van der Waals surface area contributed by atoms with Gasteiger partial charge in [0.2, 0.25) is 5.91 Å². The third-order valence-corrected chi connectivity index (χ3v) is 3.97. The van der Waals surface area contributed by atoms with E-state index in [9.17, 15) is 4.79 Å². The van der Waals surface area contributed by atoms with Gasteiger partial charge in [0.05, 0.1) is 0 Å². The summed E-state index contributed by atoms with van der Waals surface area (Å²) in [5.74, 6) is 0.302. The van der Waals surface area contributed by atoms with Gasteiger partial charge < -0.3 is 10.6 Å². The van der Waals surface area contributed by atoms with E-state index >= 15 is 0 Å². The van der Waals surface area contributed by atoms with Crippen molar-refractivity contribution in [2.45, 2.75) is 51.1 Å². The second kappa shape index (κ2) is 5.83. The van der Waals surface area contributed by atoms with E-state index in [1.54, 1.807) is 0 Å². The van der Waals surface area contributed by atoms with Gasteiger partial charge in [0, 0.05) is 38.1 Å². The first-order valence-electron chi connectivity index (χ1n) is 6.94. The lowest BCUT2D eigenvalue weighted by atomic mass is 10.1. The summed E-state index contributed by atoms with van der Waals surface area (Å²) in [6.45, 7) is 6.24. The van der Waals surface area contributed by atoms with Gasteiger partial charge in [-0.25, -0.2) is 0 Å². The normalized spacial score (nSPS) is 27.6. The van der Waals surface area contributed by atoms with Crippen LogP contribution in [0.4, 0.5) is 0 Å². The van der Waals surface area contributed by atoms with Crippen LogP contribution in [0.15, 0.2) is 0 Å². The van der Waals surface area contributed by atoms with E-state index in [2.05, 4.69) is 9.80 Å². The van der Waals surface area contributed by atoms with Crippen LogP contribution in [-0.2, 0) is 4.79 Å². The minimum atomic E-state index is 0.133. The quantitative estimate of drug-likeness (QED) is 0.793. The van der Waals surface area contributed by atoms with Crippen molar-refractivity contribution in [3.8, 4) is 0 Å². The van der Waals surface area contributed by atoms with Crippen LogP contribution in [0.3, 0.4) is 0 Å². The van der Waals surface area contributed by atoms with Crippen LogP contribution in [0.25, 0.3) is 0 Å². The summed E-state index contributed by atoms with van der Waals surface area (Å²) in [6, 6.07) is 0.755. The molecule has 98 valence electrons. The van der Waals surface area contributed by atoms with Crippen molar-refractivity contribution in [1.82, 2.24) is 9.80 Å². The molecule has 0 aromatic rings. The van der Waals surface area contributed by atoms with Gasteiger partial charge in [-0.15, -0.1) is 0 Å². The van der Waals surface area contributed by atoms with Crippen LogP contribution in [0.5, 0.6) is 0 Å². The van der Waals surface area contributed by atoms with Gasteiger partial charge in [-0.2, -0.15) is 0 Å². The molecule has 2 aliphatic rings. The van der Waals surface area contributed by atoms with E-state index in [-0.39, 0.29) is 6.04 Å². The van der Waals surface area contributed by atoms with Crippen LogP contribution < -0.4 is 5.73 Å². The molecule has 0 aliphatic carbocycles. The molecule has 2 saturated heterocycles. The van der Waals surface area contributed by atoms with Crippen molar-refractivity contribution in [2.75, 3.05) is 26.2 Å². The largest absolute Gasteiger partial charge is 0.341 e. The predicted octanol–water partition coefficient (Wildman–Crippen LogP) is 0.811. The van der Waals surface area contributed by atoms with Crippen molar-refractivity contribution < 1.29 is 4.79 Å². The Balaban J connectivity index is 1.85. The lowest BCUT2D eigenvalue weighted by molar-refractivity contribution is -0.131. The maximum Gasteiger partial charge on any atom is 0.222 e. The number of amides is 1. The second-order valence-electron chi connectivity index (χ2n) is 5.54. The molecule has 2 unspecified atom stereocenters. The Bertz CT molecular complexity index is 267. The molecule has 4 heteroatoms. The van der Waals surface area contributed by atoms with Crippen LogP contribution in [0.1, 0.15) is 39.0 Å². The highest BCUT2D eigenvalue weighted by Crippen LogP contribution is 2.21. The molecule has 17 heavy (non-hydrogen) atoms. The second-order valence-corrected chi connectivity index (χ2v) is 5.54. The number of fused-ring (bicyclic) bond motifs is 1. The smallest absolute Gasteiger partial charge is 0.222 e. The molecule has 0 radical (unpaired) electrons. The third-order valence-electron chi connectivity index (χ3n) is 3.97. The van der Waals surface area contributed by atoms with E-state index < -0.39 is 0 Å². The van der Waals surface area contributed by atoms with Crippen molar-refractivity contribution in [1.29, 1.82) is 0 Å². The average molecular weight is 239 g/mol. The summed E-state index contributed by atoms with van der Waals surface area (Å²) in [4.78, 5) is 16.7. The van der Waals surface area contributed by atoms with Gasteiger partial charge >= 0.3 is 0 Å². The fourth-order valence-corrected chi connectivity index (χ4v) is 2.94. The molecule has 2 rings (SSSR count). The number of hydrogen-bond acceptors (Lipinski definition) is 3. The molecule has 0 saturated carbocycles. The summed E-state index contributed by atoms with van der Waals surface area (Å²) in [5, 5.41) is 0. The summed E-state index contributed by atoms with van der Waals surface area (Å²) < 4.78 is 0. The number of nitrogens with two attached hydrogens (primary N) is 1. The third kappa shape index (κ3) is 3.42. The molecule has 4 nitrogen and oxygen atoms in total. The van der Waals surface area contributed by atoms with E-state index in [1.807, 2.05) is 6.92 Å². The Hall–Kier alpha value is -0.610. The van der Waals surface area contributed by atoms with Crippen molar-refractivity contribution >= 4 is 5.91 Å². The lowest BCUT2D eigenvalue weighted by Crippen LogP contribution is -2.39. The molecule has 2 atom stereocenters. The maximum absolute atomic E-state index is 12.1. The van der Waals surface area contributed by atoms with Crippen LogP contribution in [0, 0.1) is 0 Å². The standard InChI is InChI=1S/C13H25N3O/c1-11(14)5-6-13(17)16-9-3-8-15-7-2-4-12(15)10-16/h11-12H,2-10,14H2,1H3.